The predicted octanol–water partition coefficient (Wildman–Crippen LogP) is 1.15. The molecule has 0 aliphatic carbocycles. The molecule has 0 aromatic rings. The Morgan fingerprint density at radius 1 is 1.23 bits per heavy atom. The molecule has 0 heterocycles. The van der Waals surface area contributed by atoms with Crippen LogP contribution in [0.5, 0.6) is 0 Å². The summed E-state index contributed by atoms with van der Waals surface area (Å²) < 4.78 is 0. The quantitative estimate of drug-likeness (QED) is 0.647. The number of nitrogens with one attached hydrogen (secondary N) is 2. The second kappa shape index (κ2) is 5.22. The minimum atomic E-state index is 0.0784. The molecule has 2 N–H and O–H groups in total. The highest BCUT2D eigenvalue weighted by Crippen LogP contribution is 1.96. The normalized spacial score (nSPS) is 11.8. The molecule has 0 aromatic heterocycles. The van der Waals surface area contributed by atoms with E-state index < -0.39 is 0 Å². The third kappa shape index (κ3) is 7.78. The second-order valence-corrected chi connectivity index (χ2v) is 4.62. The van der Waals surface area contributed by atoms with Crippen molar-refractivity contribution < 1.29 is 4.79 Å². The molecule has 0 bridgehead atoms. The van der Waals surface area contributed by atoms with Gasteiger partial charge in [0.15, 0.2) is 0 Å². The molecule has 0 saturated heterocycles. The molecule has 0 atom stereocenters. The van der Waals surface area contributed by atoms with Crippen LogP contribution in [0.25, 0.3) is 0 Å². The first-order valence-electron chi connectivity index (χ1n) is 4.85. The lowest BCUT2D eigenvalue weighted by molar-refractivity contribution is -0.123. The Morgan fingerprint density at radius 3 is 2.15 bits per heavy atom. The van der Waals surface area contributed by atoms with Gasteiger partial charge in [0.1, 0.15) is 0 Å². The van der Waals surface area contributed by atoms with Crippen LogP contribution >= 0.6 is 0 Å². The van der Waals surface area contributed by atoms with Crippen molar-refractivity contribution in [2.24, 2.45) is 5.92 Å². The summed E-state index contributed by atoms with van der Waals surface area (Å²) in [5, 5.41) is 6.15. The molecule has 13 heavy (non-hydrogen) atoms. The average Bonchev–Trinajstić information content (AvgIpc) is 1.95. The van der Waals surface area contributed by atoms with Crippen molar-refractivity contribution in [2.45, 2.75) is 40.2 Å². The highest BCUT2D eigenvalue weighted by molar-refractivity contribution is 5.77. The van der Waals surface area contributed by atoms with Crippen LogP contribution in [0, 0.1) is 5.92 Å². The first-order chi connectivity index (χ1) is 5.83. The highest BCUT2D eigenvalue weighted by Gasteiger charge is 2.08. The van der Waals surface area contributed by atoms with Crippen molar-refractivity contribution in [3.05, 3.63) is 0 Å². The molecule has 0 fully saturated rings. The van der Waals surface area contributed by atoms with Crippen molar-refractivity contribution in [2.75, 3.05) is 13.1 Å². The van der Waals surface area contributed by atoms with E-state index in [0.29, 0.717) is 6.54 Å². The lowest BCUT2D eigenvalue weighted by atomic mass is 10.1. The van der Waals surface area contributed by atoms with E-state index in [1.165, 1.54) is 0 Å². The summed E-state index contributed by atoms with van der Waals surface area (Å²) in [6, 6.07) is 0. The zero-order chi connectivity index (χ0) is 10.5. The van der Waals surface area contributed by atoms with Gasteiger partial charge >= 0.3 is 0 Å². The lowest BCUT2D eigenvalue weighted by Gasteiger charge is -2.20. The van der Waals surface area contributed by atoms with E-state index in [1.807, 2.05) is 13.8 Å². The SMILES string of the molecule is CC(C)C(=O)NCCNC(C)(C)C. The molecule has 0 saturated carbocycles. The Kier molecular flexibility index (Phi) is 4.99. The number of carbonyl (C=O) groups is 1. The van der Waals surface area contributed by atoms with Gasteiger partial charge < -0.3 is 10.6 Å². The Labute approximate surface area is 81.3 Å². The van der Waals surface area contributed by atoms with Crippen LogP contribution in [0.1, 0.15) is 34.6 Å². The molecule has 0 aliphatic heterocycles. The number of hydrogen-bond acceptors (Lipinski definition) is 2. The van der Waals surface area contributed by atoms with E-state index in [4.69, 9.17) is 0 Å². The number of rotatable bonds is 4. The Morgan fingerprint density at radius 2 is 1.77 bits per heavy atom. The summed E-state index contributed by atoms with van der Waals surface area (Å²) in [7, 11) is 0. The van der Waals surface area contributed by atoms with Crippen molar-refractivity contribution in [3.8, 4) is 0 Å². The Balaban J connectivity index is 3.42. The third-order valence-electron chi connectivity index (χ3n) is 1.60. The Bertz CT molecular complexity index is 159. The maximum Gasteiger partial charge on any atom is 0.222 e. The van der Waals surface area contributed by atoms with Gasteiger partial charge in [-0.25, -0.2) is 0 Å². The molecular weight excluding hydrogens is 164 g/mol. The predicted molar refractivity (Wildman–Crippen MR) is 55.6 cm³/mol. The molecule has 78 valence electrons. The first kappa shape index (κ1) is 12.4. The summed E-state index contributed by atoms with van der Waals surface area (Å²) in [4.78, 5) is 11.1. The summed E-state index contributed by atoms with van der Waals surface area (Å²) in [6.07, 6.45) is 0. The van der Waals surface area contributed by atoms with Gasteiger partial charge in [0, 0.05) is 24.5 Å². The van der Waals surface area contributed by atoms with E-state index in [0.717, 1.165) is 6.54 Å². The molecule has 0 radical (unpaired) electrons. The van der Waals surface area contributed by atoms with Gasteiger partial charge in [0.25, 0.3) is 0 Å². The van der Waals surface area contributed by atoms with Crippen molar-refractivity contribution in [3.63, 3.8) is 0 Å². The lowest BCUT2D eigenvalue weighted by Crippen LogP contribution is -2.42. The molecule has 0 rings (SSSR count). The van der Waals surface area contributed by atoms with E-state index in [-0.39, 0.29) is 17.4 Å². The van der Waals surface area contributed by atoms with Crippen LogP contribution in [-0.4, -0.2) is 24.5 Å². The van der Waals surface area contributed by atoms with E-state index in [9.17, 15) is 4.79 Å². The maximum absolute atomic E-state index is 11.1. The van der Waals surface area contributed by atoms with E-state index in [2.05, 4.69) is 31.4 Å². The zero-order valence-electron chi connectivity index (χ0n) is 9.40. The van der Waals surface area contributed by atoms with Crippen LogP contribution < -0.4 is 10.6 Å². The van der Waals surface area contributed by atoms with Gasteiger partial charge in [0.2, 0.25) is 5.91 Å². The number of hydrogen-bond donors (Lipinski definition) is 2. The topological polar surface area (TPSA) is 41.1 Å². The number of amides is 1. The smallest absolute Gasteiger partial charge is 0.222 e. The molecule has 3 heteroatoms. The fourth-order valence-electron chi connectivity index (χ4n) is 0.827. The van der Waals surface area contributed by atoms with Gasteiger partial charge in [-0.2, -0.15) is 0 Å². The number of carbonyl (C=O) groups excluding carboxylic acids is 1. The average molecular weight is 186 g/mol. The van der Waals surface area contributed by atoms with Crippen molar-refractivity contribution >= 4 is 5.91 Å². The zero-order valence-corrected chi connectivity index (χ0v) is 9.40. The van der Waals surface area contributed by atoms with Crippen molar-refractivity contribution in [1.29, 1.82) is 0 Å². The van der Waals surface area contributed by atoms with Gasteiger partial charge in [-0.1, -0.05) is 13.8 Å². The highest BCUT2D eigenvalue weighted by atomic mass is 16.1. The van der Waals surface area contributed by atoms with E-state index >= 15 is 0 Å². The summed E-state index contributed by atoms with van der Waals surface area (Å²) in [5.41, 5.74) is 0.128. The van der Waals surface area contributed by atoms with Crippen molar-refractivity contribution in [1.82, 2.24) is 10.6 Å². The molecule has 0 aromatic carbocycles. The largest absolute Gasteiger partial charge is 0.355 e. The summed E-state index contributed by atoms with van der Waals surface area (Å²) in [6.45, 7) is 11.6. The molecule has 0 unspecified atom stereocenters. The van der Waals surface area contributed by atoms with Crippen LogP contribution in [0.4, 0.5) is 0 Å². The van der Waals surface area contributed by atoms with Crippen LogP contribution in [0.2, 0.25) is 0 Å². The summed E-state index contributed by atoms with van der Waals surface area (Å²) >= 11 is 0. The molecule has 0 aliphatic rings. The monoisotopic (exact) mass is 186 g/mol. The van der Waals surface area contributed by atoms with Gasteiger partial charge in [-0.05, 0) is 20.8 Å². The Hall–Kier alpha value is -0.570. The first-order valence-corrected chi connectivity index (χ1v) is 4.85. The standard InChI is InChI=1S/C10H22N2O/c1-8(2)9(13)11-6-7-12-10(3,4)5/h8,12H,6-7H2,1-5H3,(H,11,13). The third-order valence-corrected chi connectivity index (χ3v) is 1.60. The van der Waals surface area contributed by atoms with Gasteiger partial charge in [-0.15, -0.1) is 0 Å². The van der Waals surface area contributed by atoms with Gasteiger partial charge in [-0.3, -0.25) is 4.79 Å². The van der Waals surface area contributed by atoms with Gasteiger partial charge in [0.05, 0.1) is 0 Å². The van der Waals surface area contributed by atoms with Crippen LogP contribution in [0.15, 0.2) is 0 Å². The fraction of sp³-hybridized carbons (Fsp3) is 0.900. The minimum absolute atomic E-state index is 0.0784. The molecule has 0 spiro atoms. The fourth-order valence-corrected chi connectivity index (χ4v) is 0.827. The maximum atomic E-state index is 11.1. The van der Waals surface area contributed by atoms with Crippen LogP contribution in [0.3, 0.4) is 0 Å². The van der Waals surface area contributed by atoms with Crippen LogP contribution in [-0.2, 0) is 4.79 Å². The van der Waals surface area contributed by atoms with E-state index in [1.54, 1.807) is 0 Å². The second-order valence-electron chi connectivity index (χ2n) is 4.62. The molecule has 3 nitrogen and oxygen atoms in total. The minimum Gasteiger partial charge on any atom is -0.355 e. The molecule has 1 amide bonds. The summed E-state index contributed by atoms with van der Waals surface area (Å²) in [5.74, 6) is 0.199. The molecular formula is C10H22N2O.